The number of imidazole rings is 1. The molecule has 18 heavy (non-hydrogen) atoms. The molecule has 3 aromatic rings. The summed E-state index contributed by atoms with van der Waals surface area (Å²) < 4.78 is 1.89. The highest BCUT2D eigenvalue weighted by atomic mass is 16.3. The largest absolute Gasteiger partial charge is 0.392 e. The molecule has 5 heteroatoms. The summed E-state index contributed by atoms with van der Waals surface area (Å²) >= 11 is 0. The van der Waals surface area contributed by atoms with Gasteiger partial charge in [-0.3, -0.25) is 4.57 Å². The van der Waals surface area contributed by atoms with Gasteiger partial charge in [-0.05, 0) is 24.6 Å². The monoisotopic (exact) mass is 240 g/mol. The van der Waals surface area contributed by atoms with Crippen molar-refractivity contribution in [2.45, 2.75) is 13.5 Å². The Hall–Kier alpha value is -2.27. The first-order valence-corrected chi connectivity index (χ1v) is 5.64. The van der Waals surface area contributed by atoms with E-state index >= 15 is 0 Å². The highest BCUT2D eigenvalue weighted by molar-refractivity contribution is 5.74. The van der Waals surface area contributed by atoms with E-state index < -0.39 is 0 Å². The zero-order valence-electron chi connectivity index (χ0n) is 9.91. The molecule has 0 bridgehead atoms. The third kappa shape index (κ3) is 1.65. The number of benzene rings is 1. The van der Waals surface area contributed by atoms with Crippen molar-refractivity contribution in [3.63, 3.8) is 0 Å². The molecule has 5 nitrogen and oxygen atoms in total. The molecule has 1 N–H and O–H groups in total. The van der Waals surface area contributed by atoms with Gasteiger partial charge in [0.2, 0.25) is 0 Å². The van der Waals surface area contributed by atoms with Gasteiger partial charge in [-0.15, -0.1) is 0 Å². The maximum Gasteiger partial charge on any atom is 0.168 e. The minimum absolute atomic E-state index is 0.0223. The number of aliphatic hydroxyl groups is 1. The summed E-state index contributed by atoms with van der Waals surface area (Å²) in [4.78, 5) is 12.7. The Balaban J connectivity index is 2.22. The van der Waals surface area contributed by atoms with Gasteiger partial charge in [-0.25, -0.2) is 15.0 Å². The van der Waals surface area contributed by atoms with Gasteiger partial charge < -0.3 is 5.11 Å². The lowest BCUT2D eigenvalue weighted by Gasteiger charge is -2.05. The molecule has 0 aliphatic rings. The molecule has 2 aromatic heterocycles. The highest BCUT2D eigenvalue weighted by Gasteiger charge is 2.08. The Morgan fingerprint density at radius 2 is 2.11 bits per heavy atom. The Kier molecular flexibility index (Phi) is 2.53. The van der Waals surface area contributed by atoms with E-state index in [1.807, 2.05) is 35.8 Å². The second-order valence-corrected chi connectivity index (χ2v) is 4.07. The van der Waals surface area contributed by atoms with Gasteiger partial charge in [0.05, 0.1) is 12.3 Å². The molecule has 0 aliphatic heterocycles. The van der Waals surface area contributed by atoms with Crippen LogP contribution in [0, 0.1) is 6.92 Å². The molecule has 0 saturated carbocycles. The molecular formula is C13H12N4O. The first kappa shape index (κ1) is 10.9. The average Bonchev–Trinajstić information content (AvgIpc) is 2.84. The lowest BCUT2D eigenvalue weighted by atomic mass is 10.2. The number of hydrogen-bond acceptors (Lipinski definition) is 4. The van der Waals surface area contributed by atoms with Crippen LogP contribution in [0.4, 0.5) is 0 Å². The molecule has 0 aliphatic carbocycles. The van der Waals surface area contributed by atoms with Gasteiger partial charge >= 0.3 is 0 Å². The minimum Gasteiger partial charge on any atom is -0.392 e. The van der Waals surface area contributed by atoms with Crippen LogP contribution in [0.5, 0.6) is 0 Å². The quantitative estimate of drug-likeness (QED) is 0.739. The van der Waals surface area contributed by atoms with E-state index in [1.54, 1.807) is 6.33 Å². The Morgan fingerprint density at radius 3 is 2.94 bits per heavy atom. The van der Waals surface area contributed by atoms with Gasteiger partial charge in [-0.1, -0.05) is 12.1 Å². The van der Waals surface area contributed by atoms with Crippen molar-refractivity contribution < 1.29 is 5.11 Å². The molecular weight excluding hydrogens is 228 g/mol. The predicted molar refractivity (Wildman–Crippen MR) is 67.3 cm³/mol. The van der Waals surface area contributed by atoms with Crippen molar-refractivity contribution in [1.29, 1.82) is 0 Å². The second-order valence-electron chi connectivity index (χ2n) is 4.07. The maximum absolute atomic E-state index is 9.17. The van der Waals surface area contributed by atoms with E-state index in [2.05, 4.69) is 15.0 Å². The van der Waals surface area contributed by atoms with Crippen molar-refractivity contribution in [3.8, 4) is 5.69 Å². The fourth-order valence-electron chi connectivity index (χ4n) is 1.95. The van der Waals surface area contributed by atoms with Crippen molar-refractivity contribution in [2.75, 3.05) is 0 Å². The molecule has 3 rings (SSSR count). The number of rotatable bonds is 2. The van der Waals surface area contributed by atoms with Crippen molar-refractivity contribution in [1.82, 2.24) is 19.5 Å². The maximum atomic E-state index is 9.17. The Bertz CT molecular complexity index is 705. The van der Waals surface area contributed by atoms with Crippen LogP contribution in [0.2, 0.25) is 0 Å². The Labute approximate surface area is 104 Å². The summed E-state index contributed by atoms with van der Waals surface area (Å²) in [5, 5.41) is 9.17. The number of hydrogen-bond donors (Lipinski definition) is 1. The molecule has 0 fully saturated rings. The van der Waals surface area contributed by atoms with Crippen LogP contribution in [-0.4, -0.2) is 24.6 Å². The molecule has 0 amide bonds. The first-order valence-electron chi connectivity index (χ1n) is 5.64. The summed E-state index contributed by atoms with van der Waals surface area (Å²) in [6.07, 6.45) is 3.26. The second kappa shape index (κ2) is 4.19. The molecule has 1 aromatic carbocycles. The molecule has 0 radical (unpaired) electrons. The van der Waals surface area contributed by atoms with E-state index in [1.165, 1.54) is 6.33 Å². The third-order valence-corrected chi connectivity index (χ3v) is 2.89. The van der Waals surface area contributed by atoms with Crippen molar-refractivity contribution in [3.05, 3.63) is 48.2 Å². The Morgan fingerprint density at radius 1 is 1.22 bits per heavy atom. The fourth-order valence-corrected chi connectivity index (χ4v) is 1.95. The van der Waals surface area contributed by atoms with Crippen LogP contribution in [0.3, 0.4) is 0 Å². The van der Waals surface area contributed by atoms with Crippen LogP contribution in [0.1, 0.15) is 11.3 Å². The normalized spacial score (nSPS) is 11.0. The number of aryl methyl sites for hydroxylation is 1. The van der Waals surface area contributed by atoms with Gasteiger partial charge in [0.15, 0.2) is 5.65 Å². The van der Waals surface area contributed by atoms with Crippen molar-refractivity contribution >= 4 is 11.2 Å². The van der Waals surface area contributed by atoms with Crippen LogP contribution in [-0.2, 0) is 6.61 Å². The van der Waals surface area contributed by atoms with Crippen LogP contribution in [0.25, 0.3) is 16.9 Å². The van der Waals surface area contributed by atoms with Gasteiger partial charge in [-0.2, -0.15) is 0 Å². The van der Waals surface area contributed by atoms with Crippen molar-refractivity contribution in [2.24, 2.45) is 0 Å². The highest BCUT2D eigenvalue weighted by Crippen LogP contribution is 2.18. The topological polar surface area (TPSA) is 63.8 Å². The van der Waals surface area contributed by atoms with E-state index in [0.717, 1.165) is 28.1 Å². The lowest BCUT2D eigenvalue weighted by Crippen LogP contribution is -1.96. The number of aromatic nitrogens is 4. The number of nitrogens with zero attached hydrogens (tertiary/aromatic N) is 4. The fraction of sp³-hybridized carbons (Fsp3) is 0.154. The van der Waals surface area contributed by atoms with E-state index in [9.17, 15) is 0 Å². The van der Waals surface area contributed by atoms with Gasteiger partial charge in [0.25, 0.3) is 0 Å². The summed E-state index contributed by atoms with van der Waals surface area (Å²) in [6, 6.07) is 7.65. The van der Waals surface area contributed by atoms with Crippen LogP contribution < -0.4 is 0 Å². The standard InChI is InChI=1S/C13H12N4O/c1-9-12-13(15-7-14-9)17(8-16-12)11-4-2-3-10(5-11)6-18/h2-5,7-8,18H,6H2,1H3. The smallest absolute Gasteiger partial charge is 0.168 e. The lowest BCUT2D eigenvalue weighted by molar-refractivity contribution is 0.282. The molecule has 0 spiro atoms. The number of aliphatic hydroxyl groups excluding tert-OH is 1. The van der Waals surface area contributed by atoms with E-state index in [-0.39, 0.29) is 6.61 Å². The zero-order chi connectivity index (χ0) is 12.5. The third-order valence-electron chi connectivity index (χ3n) is 2.89. The van der Waals surface area contributed by atoms with Gasteiger partial charge in [0.1, 0.15) is 18.2 Å². The van der Waals surface area contributed by atoms with E-state index in [0.29, 0.717) is 0 Å². The summed E-state index contributed by atoms with van der Waals surface area (Å²) in [7, 11) is 0. The summed E-state index contributed by atoms with van der Waals surface area (Å²) in [6.45, 7) is 1.93. The molecule has 2 heterocycles. The SMILES string of the molecule is Cc1ncnc2c1ncn2-c1cccc(CO)c1. The van der Waals surface area contributed by atoms with E-state index in [4.69, 9.17) is 5.11 Å². The first-order chi connectivity index (χ1) is 8.79. The molecule has 0 saturated heterocycles. The molecule has 0 atom stereocenters. The minimum atomic E-state index is 0.0223. The number of fused-ring (bicyclic) bond motifs is 1. The summed E-state index contributed by atoms with van der Waals surface area (Å²) in [5.41, 5.74) is 4.23. The molecule has 0 unspecified atom stereocenters. The van der Waals surface area contributed by atoms with Gasteiger partial charge in [0, 0.05) is 5.69 Å². The summed E-state index contributed by atoms with van der Waals surface area (Å²) in [5.74, 6) is 0. The average molecular weight is 240 g/mol. The van der Waals surface area contributed by atoms with Crippen LogP contribution >= 0.6 is 0 Å². The predicted octanol–water partition coefficient (Wildman–Crippen LogP) is 1.62. The van der Waals surface area contributed by atoms with Crippen LogP contribution in [0.15, 0.2) is 36.9 Å². The zero-order valence-corrected chi connectivity index (χ0v) is 9.91. The molecule has 90 valence electrons.